The van der Waals surface area contributed by atoms with Gasteiger partial charge in [-0.05, 0) is 60.8 Å². The van der Waals surface area contributed by atoms with E-state index in [0.29, 0.717) is 13.0 Å². The fraction of sp³-hybridized carbons (Fsp3) is 0.280. The van der Waals surface area contributed by atoms with Crippen molar-refractivity contribution in [2.75, 3.05) is 11.9 Å². The van der Waals surface area contributed by atoms with E-state index in [1.54, 1.807) is 14.0 Å². The molecular formula is C25H28ClN3O2. The number of aryl methyl sites for hydroxylation is 1. The van der Waals surface area contributed by atoms with Crippen LogP contribution in [0.3, 0.4) is 0 Å². The Balaban J connectivity index is 0.00000272. The minimum Gasteiger partial charge on any atom is -0.343 e. The van der Waals surface area contributed by atoms with Crippen LogP contribution in [0, 0.1) is 0 Å². The van der Waals surface area contributed by atoms with Gasteiger partial charge < -0.3 is 15.5 Å². The highest BCUT2D eigenvalue weighted by molar-refractivity contribution is 6.01. The highest BCUT2D eigenvalue weighted by Gasteiger charge is 2.32. The molecule has 0 aromatic heterocycles. The second kappa shape index (κ2) is 9.94. The molecule has 2 amide bonds. The van der Waals surface area contributed by atoms with Crippen molar-refractivity contribution in [3.63, 3.8) is 0 Å². The molecule has 0 saturated heterocycles. The summed E-state index contributed by atoms with van der Waals surface area (Å²) in [5.41, 5.74) is 3.12. The Morgan fingerprint density at radius 1 is 1.06 bits per heavy atom. The zero-order valence-corrected chi connectivity index (χ0v) is 18.6. The van der Waals surface area contributed by atoms with Crippen LogP contribution in [0.25, 0.3) is 10.8 Å². The molecule has 3 aromatic rings. The van der Waals surface area contributed by atoms with E-state index in [0.717, 1.165) is 28.6 Å². The van der Waals surface area contributed by atoms with Gasteiger partial charge in [-0.3, -0.25) is 9.59 Å². The van der Waals surface area contributed by atoms with E-state index < -0.39 is 6.04 Å². The molecule has 0 radical (unpaired) electrons. The van der Waals surface area contributed by atoms with Gasteiger partial charge in [-0.1, -0.05) is 54.6 Å². The summed E-state index contributed by atoms with van der Waals surface area (Å²) in [7, 11) is 1.74. The Morgan fingerprint density at radius 3 is 2.55 bits per heavy atom. The van der Waals surface area contributed by atoms with Gasteiger partial charge in [-0.25, -0.2) is 0 Å². The number of likely N-dealkylation sites (N-methyl/N-ethyl adjacent to an activating group) is 1. The van der Waals surface area contributed by atoms with Gasteiger partial charge in [0.25, 0.3) is 0 Å². The SMILES string of the molecule is CNC(C)C(=O)NC1CCc2ccccc2N(Cc2ccc3ccccc3c2)C1=O.Cl. The molecule has 2 N–H and O–H groups in total. The fourth-order valence-corrected chi connectivity index (χ4v) is 3.96. The lowest BCUT2D eigenvalue weighted by Crippen LogP contribution is -2.52. The molecule has 0 bridgehead atoms. The smallest absolute Gasteiger partial charge is 0.249 e. The predicted octanol–water partition coefficient (Wildman–Crippen LogP) is 3.83. The normalized spacial score (nSPS) is 16.8. The zero-order valence-electron chi connectivity index (χ0n) is 17.8. The third-order valence-electron chi connectivity index (χ3n) is 5.85. The van der Waals surface area contributed by atoms with Gasteiger partial charge in [-0.2, -0.15) is 0 Å². The monoisotopic (exact) mass is 437 g/mol. The van der Waals surface area contributed by atoms with Crippen LogP contribution in [-0.4, -0.2) is 30.9 Å². The maximum Gasteiger partial charge on any atom is 0.249 e. The van der Waals surface area contributed by atoms with E-state index in [1.807, 2.05) is 35.2 Å². The first-order chi connectivity index (χ1) is 14.6. The van der Waals surface area contributed by atoms with E-state index in [9.17, 15) is 9.59 Å². The fourth-order valence-electron chi connectivity index (χ4n) is 3.96. The maximum absolute atomic E-state index is 13.5. The molecule has 6 heteroatoms. The summed E-state index contributed by atoms with van der Waals surface area (Å²) in [6.07, 6.45) is 1.33. The lowest BCUT2D eigenvalue weighted by atomic mass is 10.1. The largest absolute Gasteiger partial charge is 0.343 e. The third kappa shape index (κ3) is 4.89. The first kappa shape index (κ1) is 22.8. The van der Waals surface area contributed by atoms with Crippen molar-refractivity contribution in [1.82, 2.24) is 10.6 Å². The third-order valence-corrected chi connectivity index (χ3v) is 5.85. The number of fused-ring (bicyclic) bond motifs is 2. The summed E-state index contributed by atoms with van der Waals surface area (Å²) < 4.78 is 0. The van der Waals surface area contributed by atoms with Gasteiger partial charge in [0.15, 0.2) is 0 Å². The number of hydrogen-bond acceptors (Lipinski definition) is 3. The van der Waals surface area contributed by atoms with E-state index in [1.165, 1.54) is 5.39 Å². The number of hydrogen-bond donors (Lipinski definition) is 2. The molecule has 0 aliphatic carbocycles. The molecular weight excluding hydrogens is 410 g/mol. The summed E-state index contributed by atoms with van der Waals surface area (Å²) in [6, 6.07) is 21.6. The van der Waals surface area contributed by atoms with Crippen LogP contribution in [0.1, 0.15) is 24.5 Å². The lowest BCUT2D eigenvalue weighted by molar-refractivity contribution is -0.128. The van der Waals surface area contributed by atoms with Crippen LogP contribution in [0.4, 0.5) is 5.69 Å². The van der Waals surface area contributed by atoms with Crippen molar-refractivity contribution in [2.24, 2.45) is 0 Å². The first-order valence-corrected chi connectivity index (χ1v) is 10.4. The number of benzene rings is 3. The highest BCUT2D eigenvalue weighted by atomic mass is 35.5. The van der Waals surface area contributed by atoms with Gasteiger partial charge in [0, 0.05) is 5.69 Å². The molecule has 1 heterocycles. The van der Waals surface area contributed by atoms with Gasteiger partial charge in [0.1, 0.15) is 6.04 Å². The van der Waals surface area contributed by atoms with Gasteiger partial charge in [0.2, 0.25) is 11.8 Å². The van der Waals surface area contributed by atoms with E-state index in [-0.39, 0.29) is 30.3 Å². The predicted molar refractivity (Wildman–Crippen MR) is 128 cm³/mol. The number of amides is 2. The second-order valence-electron chi connectivity index (χ2n) is 7.84. The molecule has 31 heavy (non-hydrogen) atoms. The average molecular weight is 438 g/mol. The number of nitrogens with one attached hydrogen (secondary N) is 2. The number of carbonyl (C=O) groups excluding carboxylic acids is 2. The molecule has 162 valence electrons. The van der Waals surface area contributed by atoms with Crippen LogP contribution in [0.15, 0.2) is 66.7 Å². The van der Waals surface area contributed by atoms with Crippen molar-refractivity contribution in [3.05, 3.63) is 77.9 Å². The Morgan fingerprint density at radius 2 is 1.77 bits per heavy atom. The maximum atomic E-state index is 13.5. The standard InChI is InChI=1S/C25H27N3O2.ClH/c1-17(26-2)24(29)27-22-14-13-20-8-5-6-10-23(20)28(25(22)30)16-18-11-12-19-7-3-4-9-21(19)15-18;/h3-12,15,17,22,26H,13-14,16H2,1-2H3,(H,27,29);1H. The Bertz CT molecular complexity index is 1090. The number of anilines is 1. The number of para-hydroxylation sites is 1. The Labute approximate surface area is 189 Å². The molecule has 2 atom stereocenters. The van der Waals surface area contributed by atoms with Crippen LogP contribution in [-0.2, 0) is 22.6 Å². The number of carbonyl (C=O) groups is 2. The van der Waals surface area contributed by atoms with Crippen molar-refractivity contribution in [2.45, 2.75) is 38.4 Å². The highest BCUT2D eigenvalue weighted by Crippen LogP contribution is 2.29. The minimum absolute atomic E-state index is 0. The van der Waals surface area contributed by atoms with E-state index in [4.69, 9.17) is 0 Å². The summed E-state index contributed by atoms with van der Waals surface area (Å²) >= 11 is 0. The zero-order chi connectivity index (χ0) is 21.1. The second-order valence-corrected chi connectivity index (χ2v) is 7.84. The topological polar surface area (TPSA) is 61.4 Å². The van der Waals surface area contributed by atoms with Crippen LogP contribution in [0.2, 0.25) is 0 Å². The lowest BCUT2D eigenvalue weighted by Gasteiger charge is -2.27. The molecule has 0 saturated carbocycles. The number of nitrogens with zero attached hydrogens (tertiary/aromatic N) is 1. The van der Waals surface area contributed by atoms with Crippen LogP contribution >= 0.6 is 12.4 Å². The Kier molecular flexibility index (Phi) is 7.31. The van der Waals surface area contributed by atoms with Crippen molar-refractivity contribution >= 4 is 40.7 Å². The molecule has 0 fully saturated rings. The van der Waals surface area contributed by atoms with Crippen LogP contribution in [0.5, 0.6) is 0 Å². The molecule has 1 aliphatic rings. The molecule has 3 aromatic carbocycles. The minimum atomic E-state index is -0.541. The average Bonchev–Trinajstić information content (AvgIpc) is 2.90. The summed E-state index contributed by atoms with van der Waals surface area (Å²) in [5.74, 6) is -0.225. The molecule has 5 nitrogen and oxygen atoms in total. The van der Waals surface area contributed by atoms with Crippen LogP contribution < -0.4 is 15.5 Å². The summed E-state index contributed by atoms with van der Waals surface area (Å²) in [5, 5.41) is 8.21. The van der Waals surface area contributed by atoms with Crippen molar-refractivity contribution in [3.8, 4) is 0 Å². The summed E-state index contributed by atoms with van der Waals surface area (Å²) in [4.78, 5) is 27.8. The molecule has 4 rings (SSSR count). The quantitative estimate of drug-likeness (QED) is 0.637. The number of rotatable bonds is 5. The van der Waals surface area contributed by atoms with E-state index in [2.05, 4.69) is 47.0 Å². The molecule has 1 aliphatic heterocycles. The van der Waals surface area contributed by atoms with Gasteiger partial charge in [-0.15, -0.1) is 12.4 Å². The van der Waals surface area contributed by atoms with Crippen molar-refractivity contribution < 1.29 is 9.59 Å². The van der Waals surface area contributed by atoms with Gasteiger partial charge in [0.05, 0.1) is 12.6 Å². The first-order valence-electron chi connectivity index (χ1n) is 10.4. The van der Waals surface area contributed by atoms with Crippen molar-refractivity contribution in [1.29, 1.82) is 0 Å². The molecule has 0 spiro atoms. The number of halogens is 1. The Hall–Kier alpha value is -2.89. The molecule has 2 unspecified atom stereocenters. The summed E-state index contributed by atoms with van der Waals surface area (Å²) in [6.45, 7) is 2.26. The van der Waals surface area contributed by atoms with E-state index >= 15 is 0 Å². The van der Waals surface area contributed by atoms with Gasteiger partial charge >= 0.3 is 0 Å².